The molecule has 1 amide bonds. The topological polar surface area (TPSA) is 66.3 Å². The number of amides is 1. The minimum absolute atomic E-state index is 0.0177. The van der Waals surface area contributed by atoms with Crippen LogP contribution in [-0.2, 0) is 4.79 Å². The molecular weight excluding hydrogens is 378 g/mol. The number of aliphatic hydroxyl groups excluding tert-OH is 1. The van der Waals surface area contributed by atoms with Gasteiger partial charge in [-0.15, -0.1) is 23.1 Å². The van der Waals surface area contributed by atoms with Gasteiger partial charge in [0, 0.05) is 36.7 Å². The molecule has 3 rings (SSSR count). The van der Waals surface area contributed by atoms with Crippen molar-refractivity contribution < 1.29 is 9.90 Å². The van der Waals surface area contributed by atoms with Gasteiger partial charge in [-0.2, -0.15) is 0 Å². The highest BCUT2D eigenvalue weighted by atomic mass is 32.2. The molecule has 0 saturated heterocycles. The third kappa shape index (κ3) is 4.48. The summed E-state index contributed by atoms with van der Waals surface area (Å²) in [6, 6.07) is 6.48. The molecule has 142 valence electrons. The molecule has 0 spiro atoms. The fourth-order valence-corrected chi connectivity index (χ4v) is 4.70. The molecule has 0 aliphatic heterocycles. The Labute approximate surface area is 167 Å². The number of carbonyl (C=O) groups excluding carboxylic acids is 1. The van der Waals surface area contributed by atoms with Gasteiger partial charge in [0.05, 0.1) is 12.0 Å². The van der Waals surface area contributed by atoms with Crippen LogP contribution in [0.25, 0.3) is 21.3 Å². The lowest BCUT2D eigenvalue weighted by atomic mass is 10.0. The molecule has 0 saturated carbocycles. The fraction of sp³-hybridized carbons (Fsp3) is 0.350. The van der Waals surface area contributed by atoms with Gasteiger partial charge < -0.3 is 10.0 Å². The second-order valence-electron chi connectivity index (χ2n) is 6.44. The zero-order valence-corrected chi connectivity index (χ0v) is 17.4. The predicted molar refractivity (Wildman–Crippen MR) is 112 cm³/mol. The molecule has 27 heavy (non-hydrogen) atoms. The van der Waals surface area contributed by atoms with Crippen molar-refractivity contribution in [1.82, 2.24) is 14.9 Å². The van der Waals surface area contributed by atoms with Crippen LogP contribution in [0.1, 0.15) is 17.5 Å². The number of nitrogens with zero attached hydrogens (tertiary/aromatic N) is 3. The van der Waals surface area contributed by atoms with Gasteiger partial charge in [0.2, 0.25) is 5.91 Å². The average molecular weight is 402 g/mol. The molecule has 2 aromatic heterocycles. The SMILES string of the molecule is Cc1ccc(-c2csc3ncnc(SCCC(=O)N(C)CCO)c23)cc1C. The van der Waals surface area contributed by atoms with Crippen LogP contribution in [0.5, 0.6) is 0 Å². The van der Waals surface area contributed by atoms with E-state index in [4.69, 9.17) is 5.11 Å². The molecule has 1 aromatic carbocycles. The molecule has 2 heterocycles. The first-order chi connectivity index (χ1) is 13.0. The molecule has 0 aliphatic carbocycles. The summed E-state index contributed by atoms with van der Waals surface area (Å²) in [6.07, 6.45) is 2.00. The van der Waals surface area contributed by atoms with Gasteiger partial charge >= 0.3 is 0 Å². The Hall–Kier alpha value is -1.96. The van der Waals surface area contributed by atoms with Gasteiger partial charge in [-0.1, -0.05) is 18.2 Å². The lowest BCUT2D eigenvalue weighted by Crippen LogP contribution is -2.29. The van der Waals surface area contributed by atoms with Crippen molar-refractivity contribution in [3.05, 3.63) is 41.0 Å². The van der Waals surface area contributed by atoms with Crippen LogP contribution in [0.15, 0.2) is 34.9 Å². The third-order valence-corrected chi connectivity index (χ3v) is 6.45. The average Bonchev–Trinajstić information content (AvgIpc) is 3.09. The Bertz CT molecular complexity index is 956. The highest BCUT2D eigenvalue weighted by Crippen LogP contribution is 2.38. The third-order valence-electron chi connectivity index (χ3n) is 4.57. The number of hydrogen-bond acceptors (Lipinski definition) is 6. The second-order valence-corrected chi connectivity index (χ2v) is 8.39. The molecule has 5 nitrogen and oxygen atoms in total. The van der Waals surface area contributed by atoms with Gasteiger partial charge in [0.15, 0.2) is 0 Å². The van der Waals surface area contributed by atoms with E-state index >= 15 is 0 Å². The van der Waals surface area contributed by atoms with Crippen LogP contribution in [0.2, 0.25) is 0 Å². The van der Waals surface area contributed by atoms with Crippen LogP contribution in [0, 0.1) is 13.8 Å². The minimum atomic E-state index is -0.0177. The van der Waals surface area contributed by atoms with Crippen molar-refractivity contribution in [3.63, 3.8) is 0 Å². The number of aromatic nitrogens is 2. The van der Waals surface area contributed by atoms with Crippen LogP contribution in [-0.4, -0.2) is 51.8 Å². The maximum Gasteiger partial charge on any atom is 0.223 e. The van der Waals surface area contributed by atoms with Crippen LogP contribution >= 0.6 is 23.1 Å². The maximum atomic E-state index is 12.1. The fourth-order valence-electron chi connectivity index (χ4n) is 2.78. The van der Waals surface area contributed by atoms with Crippen molar-refractivity contribution in [3.8, 4) is 11.1 Å². The first kappa shape index (κ1) is 19.8. The smallest absolute Gasteiger partial charge is 0.223 e. The zero-order valence-electron chi connectivity index (χ0n) is 15.7. The molecule has 0 unspecified atom stereocenters. The number of likely N-dealkylation sites (N-methyl/N-ethyl adjacent to an activating group) is 1. The van der Waals surface area contributed by atoms with Crippen molar-refractivity contribution in [2.24, 2.45) is 0 Å². The lowest BCUT2D eigenvalue weighted by molar-refractivity contribution is -0.129. The van der Waals surface area contributed by atoms with Gasteiger partial charge in [0.25, 0.3) is 0 Å². The standard InChI is InChI=1S/C20H23N3O2S2/c1-13-4-5-15(10-14(13)2)16-11-27-20-18(16)19(21-12-22-20)26-9-6-17(25)23(3)7-8-24/h4-5,10-12,24H,6-9H2,1-3H3. The van der Waals surface area contributed by atoms with E-state index in [1.165, 1.54) is 16.7 Å². The Morgan fingerprint density at radius 2 is 2.07 bits per heavy atom. The molecule has 1 N–H and O–H groups in total. The molecule has 0 bridgehead atoms. The Balaban J connectivity index is 1.83. The summed E-state index contributed by atoms with van der Waals surface area (Å²) in [4.78, 5) is 23.5. The monoisotopic (exact) mass is 401 g/mol. The van der Waals surface area contributed by atoms with Crippen molar-refractivity contribution in [2.45, 2.75) is 25.3 Å². The highest BCUT2D eigenvalue weighted by Gasteiger charge is 2.15. The molecule has 0 fully saturated rings. The molecule has 0 atom stereocenters. The summed E-state index contributed by atoms with van der Waals surface area (Å²) in [5, 5.41) is 13.0. The van der Waals surface area contributed by atoms with Crippen molar-refractivity contribution in [2.75, 3.05) is 26.0 Å². The van der Waals surface area contributed by atoms with E-state index in [0.717, 1.165) is 20.8 Å². The highest BCUT2D eigenvalue weighted by molar-refractivity contribution is 7.99. The number of aliphatic hydroxyl groups is 1. The minimum Gasteiger partial charge on any atom is -0.395 e. The van der Waals surface area contributed by atoms with E-state index in [1.807, 2.05) is 0 Å². The Morgan fingerprint density at radius 3 is 2.81 bits per heavy atom. The number of thioether (sulfide) groups is 1. The van der Waals surface area contributed by atoms with Crippen LogP contribution < -0.4 is 0 Å². The molecule has 0 aliphatic rings. The van der Waals surface area contributed by atoms with E-state index in [-0.39, 0.29) is 12.5 Å². The van der Waals surface area contributed by atoms with E-state index in [9.17, 15) is 4.79 Å². The molecule has 7 heteroatoms. The summed E-state index contributed by atoms with van der Waals surface area (Å²) in [7, 11) is 1.71. The summed E-state index contributed by atoms with van der Waals surface area (Å²) in [5.74, 6) is 0.671. The number of aryl methyl sites for hydroxylation is 2. The second kappa shape index (κ2) is 8.82. The largest absolute Gasteiger partial charge is 0.395 e. The van der Waals surface area contributed by atoms with E-state index < -0.39 is 0 Å². The van der Waals surface area contributed by atoms with Crippen LogP contribution in [0.3, 0.4) is 0 Å². The number of benzene rings is 1. The number of thiophene rings is 1. The Kier molecular flexibility index (Phi) is 6.46. The predicted octanol–water partition coefficient (Wildman–Crippen LogP) is 3.91. The van der Waals surface area contributed by atoms with Crippen LogP contribution in [0.4, 0.5) is 0 Å². The quantitative estimate of drug-likeness (QED) is 0.480. The Morgan fingerprint density at radius 1 is 1.26 bits per heavy atom. The van der Waals surface area contributed by atoms with E-state index in [1.54, 1.807) is 41.4 Å². The number of hydrogen-bond donors (Lipinski definition) is 1. The van der Waals surface area contributed by atoms with Gasteiger partial charge in [0.1, 0.15) is 16.2 Å². The van der Waals surface area contributed by atoms with E-state index in [2.05, 4.69) is 47.4 Å². The number of rotatable bonds is 7. The maximum absolute atomic E-state index is 12.1. The normalized spacial score (nSPS) is 11.1. The summed E-state index contributed by atoms with van der Waals surface area (Å²) >= 11 is 3.20. The number of carbonyl (C=O) groups is 1. The van der Waals surface area contributed by atoms with Gasteiger partial charge in [-0.3, -0.25) is 4.79 Å². The van der Waals surface area contributed by atoms with Gasteiger partial charge in [-0.25, -0.2) is 9.97 Å². The summed E-state index contributed by atoms with van der Waals surface area (Å²) in [5.41, 5.74) is 4.84. The molecular formula is C20H23N3O2S2. The van der Waals surface area contributed by atoms with E-state index in [0.29, 0.717) is 18.7 Å². The number of fused-ring (bicyclic) bond motifs is 1. The summed E-state index contributed by atoms with van der Waals surface area (Å²) in [6.45, 7) is 4.58. The zero-order chi connectivity index (χ0) is 19.4. The first-order valence-electron chi connectivity index (χ1n) is 8.78. The first-order valence-corrected chi connectivity index (χ1v) is 10.6. The lowest BCUT2D eigenvalue weighted by Gasteiger charge is -2.15. The summed E-state index contributed by atoms with van der Waals surface area (Å²) < 4.78 is 0. The molecule has 0 radical (unpaired) electrons. The van der Waals surface area contributed by atoms with Crippen molar-refractivity contribution in [1.29, 1.82) is 0 Å². The van der Waals surface area contributed by atoms with Gasteiger partial charge in [-0.05, 0) is 30.5 Å². The molecule has 3 aromatic rings. The van der Waals surface area contributed by atoms with Crippen molar-refractivity contribution >= 4 is 39.2 Å².